The predicted octanol–water partition coefficient (Wildman–Crippen LogP) is 3.56. The number of allylic oxidation sites excluding steroid dienone is 1. The van der Waals surface area contributed by atoms with Crippen molar-refractivity contribution in [3.05, 3.63) is 71.6 Å². The van der Waals surface area contributed by atoms with E-state index in [1.54, 1.807) is 13.1 Å². The number of hydrogen-bond donors (Lipinski definition) is 1. The molecule has 0 radical (unpaired) electrons. The molecule has 0 bridgehead atoms. The lowest BCUT2D eigenvalue weighted by Gasteiger charge is -2.17. The number of rotatable bonds is 7. The number of ether oxygens (including phenoxy) is 1. The van der Waals surface area contributed by atoms with Crippen molar-refractivity contribution in [1.82, 2.24) is 4.98 Å². The molecule has 0 aliphatic carbocycles. The third kappa shape index (κ3) is 4.77. The Kier molecular flexibility index (Phi) is 6.70. The highest BCUT2D eigenvalue weighted by Gasteiger charge is 2.14. The van der Waals surface area contributed by atoms with Gasteiger partial charge in [-0.05, 0) is 48.6 Å². The van der Waals surface area contributed by atoms with Crippen LogP contribution in [0.15, 0.2) is 54.9 Å². The number of nitrogens with zero attached hydrogens (tertiary/aromatic N) is 1. The lowest BCUT2D eigenvalue weighted by atomic mass is 9.89. The van der Waals surface area contributed by atoms with Gasteiger partial charge in [0.2, 0.25) is 0 Å². The minimum atomic E-state index is -0.326. The highest BCUT2D eigenvalue weighted by atomic mass is 16.5. The summed E-state index contributed by atoms with van der Waals surface area (Å²) in [5.41, 5.74) is 4.03. The van der Waals surface area contributed by atoms with Gasteiger partial charge in [0.25, 0.3) is 0 Å². The van der Waals surface area contributed by atoms with Crippen LogP contribution in [0, 0.1) is 0 Å². The summed E-state index contributed by atoms with van der Waals surface area (Å²) in [6, 6.07) is 12.0. The number of esters is 1. The number of carbonyl (C=O) groups is 1. The van der Waals surface area contributed by atoms with Gasteiger partial charge >= 0.3 is 5.97 Å². The van der Waals surface area contributed by atoms with E-state index >= 15 is 0 Å². The molecule has 1 unspecified atom stereocenters. The zero-order chi connectivity index (χ0) is 17.4. The summed E-state index contributed by atoms with van der Waals surface area (Å²) in [4.78, 5) is 15.7. The predicted molar refractivity (Wildman–Crippen MR) is 94.5 cm³/mol. The SMILES string of the molecule is CCOC(=O)C=C(C)c1ccc(C(CCO)c2cccnc2)cc1. The first-order valence-electron chi connectivity index (χ1n) is 8.11. The number of aliphatic hydroxyl groups is 1. The van der Waals surface area contributed by atoms with Gasteiger partial charge in [-0.2, -0.15) is 0 Å². The molecule has 1 aromatic heterocycles. The largest absolute Gasteiger partial charge is 0.463 e. The molecule has 0 saturated heterocycles. The van der Waals surface area contributed by atoms with Crippen LogP contribution < -0.4 is 0 Å². The average Bonchev–Trinajstić information content (AvgIpc) is 2.61. The van der Waals surface area contributed by atoms with Gasteiger partial charge in [0.15, 0.2) is 0 Å². The molecule has 4 nitrogen and oxygen atoms in total. The lowest BCUT2D eigenvalue weighted by Crippen LogP contribution is -2.04. The Balaban J connectivity index is 2.22. The van der Waals surface area contributed by atoms with E-state index in [1.165, 1.54) is 6.08 Å². The van der Waals surface area contributed by atoms with Gasteiger partial charge in [0.1, 0.15) is 0 Å². The van der Waals surface area contributed by atoms with E-state index in [-0.39, 0.29) is 18.5 Å². The smallest absolute Gasteiger partial charge is 0.331 e. The summed E-state index contributed by atoms with van der Waals surface area (Å²) < 4.78 is 4.94. The zero-order valence-corrected chi connectivity index (χ0v) is 14.1. The van der Waals surface area contributed by atoms with Crippen LogP contribution in [0.5, 0.6) is 0 Å². The molecule has 1 atom stereocenters. The van der Waals surface area contributed by atoms with E-state index in [0.717, 1.165) is 22.3 Å². The van der Waals surface area contributed by atoms with Gasteiger partial charge in [-0.25, -0.2) is 4.79 Å². The van der Waals surface area contributed by atoms with Crippen molar-refractivity contribution in [2.24, 2.45) is 0 Å². The van der Waals surface area contributed by atoms with Crippen molar-refractivity contribution in [3.8, 4) is 0 Å². The molecule has 1 aromatic carbocycles. The number of aromatic nitrogens is 1. The van der Waals surface area contributed by atoms with Crippen molar-refractivity contribution in [1.29, 1.82) is 0 Å². The average molecular weight is 325 g/mol. The van der Waals surface area contributed by atoms with Crippen LogP contribution in [0.4, 0.5) is 0 Å². The quantitative estimate of drug-likeness (QED) is 0.624. The molecule has 0 aliphatic heterocycles. The maximum Gasteiger partial charge on any atom is 0.331 e. The summed E-state index contributed by atoms with van der Waals surface area (Å²) in [5.74, 6) is -0.223. The highest BCUT2D eigenvalue weighted by molar-refractivity contribution is 5.90. The molecular weight excluding hydrogens is 302 g/mol. The number of aliphatic hydroxyl groups excluding tert-OH is 1. The lowest BCUT2D eigenvalue weighted by molar-refractivity contribution is -0.137. The fourth-order valence-electron chi connectivity index (χ4n) is 2.66. The summed E-state index contributed by atoms with van der Waals surface area (Å²) in [5, 5.41) is 9.37. The van der Waals surface area contributed by atoms with Crippen LogP contribution in [-0.4, -0.2) is 29.3 Å². The fourth-order valence-corrected chi connectivity index (χ4v) is 2.66. The molecule has 126 valence electrons. The highest BCUT2D eigenvalue weighted by Crippen LogP contribution is 2.28. The number of hydrogen-bond acceptors (Lipinski definition) is 4. The third-order valence-corrected chi connectivity index (χ3v) is 3.89. The molecule has 0 saturated carbocycles. The Labute approximate surface area is 142 Å². The molecule has 0 spiro atoms. The first-order chi connectivity index (χ1) is 11.7. The van der Waals surface area contributed by atoms with E-state index in [0.29, 0.717) is 13.0 Å². The summed E-state index contributed by atoms with van der Waals surface area (Å²) >= 11 is 0. The molecule has 24 heavy (non-hydrogen) atoms. The van der Waals surface area contributed by atoms with Crippen LogP contribution in [0.1, 0.15) is 42.9 Å². The van der Waals surface area contributed by atoms with Crippen LogP contribution in [0.25, 0.3) is 5.57 Å². The van der Waals surface area contributed by atoms with Gasteiger partial charge in [0, 0.05) is 31.0 Å². The van der Waals surface area contributed by atoms with E-state index in [9.17, 15) is 9.90 Å². The second-order valence-corrected chi connectivity index (χ2v) is 5.55. The van der Waals surface area contributed by atoms with Crippen molar-refractivity contribution < 1.29 is 14.6 Å². The van der Waals surface area contributed by atoms with Crippen molar-refractivity contribution in [3.63, 3.8) is 0 Å². The first-order valence-corrected chi connectivity index (χ1v) is 8.11. The molecule has 1 N–H and O–H groups in total. The van der Waals surface area contributed by atoms with Crippen molar-refractivity contribution >= 4 is 11.5 Å². The summed E-state index contributed by atoms with van der Waals surface area (Å²) in [7, 11) is 0. The number of benzene rings is 1. The Morgan fingerprint density at radius 3 is 2.58 bits per heavy atom. The topological polar surface area (TPSA) is 59.4 Å². The van der Waals surface area contributed by atoms with Crippen molar-refractivity contribution in [2.45, 2.75) is 26.2 Å². The molecule has 2 rings (SSSR count). The van der Waals surface area contributed by atoms with Crippen LogP contribution in [-0.2, 0) is 9.53 Å². The molecule has 0 aliphatic rings. The fraction of sp³-hybridized carbons (Fsp3) is 0.300. The van der Waals surface area contributed by atoms with Gasteiger partial charge in [0.05, 0.1) is 6.61 Å². The first kappa shape index (κ1) is 17.9. The molecular formula is C20H23NO3. The van der Waals surface area contributed by atoms with Gasteiger partial charge in [-0.15, -0.1) is 0 Å². The molecule has 0 fully saturated rings. The molecule has 2 aromatic rings. The van der Waals surface area contributed by atoms with E-state index in [2.05, 4.69) is 4.98 Å². The summed E-state index contributed by atoms with van der Waals surface area (Å²) in [6.07, 6.45) is 5.72. The maximum absolute atomic E-state index is 11.5. The van der Waals surface area contributed by atoms with Crippen LogP contribution in [0.2, 0.25) is 0 Å². The van der Waals surface area contributed by atoms with Gasteiger partial charge in [-0.3, -0.25) is 4.98 Å². The van der Waals surface area contributed by atoms with E-state index < -0.39 is 0 Å². The second-order valence-electron chi connectivity index (χ2n) is 5.55. The third-order valence-electron chi connectivity index (χ3n) is 3.89. The zero-order valence-electron chi connectivity index (χ0n) is 14.1. The summed E-state index contributed by atoms with van der Waals surface area (Å²) in [6.45, 7) is 4.16. The minimum absolute atomic E-state index is 0.104. The molecule has 1 heterocycles. The van der Waals surface area contributed by atoms with Crippen LogP contribution in [0.3, 0.4) is 0 Å². The Hall–Kier alpha value is -2.46. The van der Waals surface area contributed by atoms with Gasteiger partial charge in [-0.1, -0.05) is 30.3 Å². The minimum Gasteiger partial charge on any atom is -0.463 e. The second kappa shape index (κ2) is 8.99. The van der Waals surface area contributed by atoms with Crippen molar-refractivity contribution in [2.75, 3.05) is 13.2 Å². The van der Waals surface area contributed by atoms with E-state index in [1.807, 2.05) is 49.5 Å². The normalized spacial score (nSPS) is 12.7. The Morgan fingerprint density at radius 2 is 2.00 bits per heavy atom. The van der Waals surface area contributed by atoms with E-state index in [4.69, 9.17) is 4.74 Å². The number of pyridine rings is 1. The monoisotopic (exact) mass is 325 g/mol. The molecule has 4 heteroatoms. The molecule has 0 amide bonds. The maximum atomic E-state index is 11.5. The Bertz CT molecular complexity index is 678. The van der Waals surface area contributed by atoms with Crippen LogP contribution >= 0.6 is 0 Å². The standard InChI is InChI=1S/C20H23NO3/c1-3-24-20(23)13-15(2)16-6-8-17(9-7-16)19(10-12-22)18-5-4-11-21-14-18/h4-9,11,13-14,19,22H,3,10,12H2,1-2H3. The Morgan fingerprint density at radius 1 is 1.25 bits per heavy atom. The van der Waals surface area contributed by atoms with Gasteiger partial charge < -0.3 is 9.84 Å². The number of carbonyl (C=O) groups excluding carboxylic acids is 1.